The molecule has 0 unspecified atom stereocenters. The van der Waals surface area contributed by atoms with Crippen LogP contribution in [0.1, 0.15) is 19.4 Å². The van der Waals surface area contributed by atoms with Gasteiger partial charge in [0.15, 0.2) is 0 Å². The van der Waals surface area contributed by atoms with Gasteiger partial charge < -0.3 is 4.74 Å². The normalized spacial score (nSPS) is 12.4. The quantitative estimate of drug-likeness (QED) is 0.703. The fraction of sp³-hybridized carbons (Fsp3) is 0.538. The fourth-order valence-corrected chi connectivity index (χ4v) is 4.12. The number of hydrogen-bond acceptors (Lipinski definition) is 3. The van der Waals surface area contributed by atoms with E-state index in [2.05, 4.69) is 0 Å². The Hall–Kier alpha value is -0.400. The molecule has 0 amide bonds. The van der Waals surface area contributed by atoms with Gasteiger partial charge in [-0.15, -0.1) is 11.6 Å². The van der Waals surface area contributed by atoms with Crippen molar-refractivity contribution in [1.29, 1.82) is 0 Å². The summed E-state index contributed by atoms with van der Waals surface area (Å²) in [6.07, 6.45) is 0. The number of benzene rings is 1. The number of sulfonamides is 1. The van der Waals surface area contributed by atoms with Gasteiger partial charge in [-0.2, -0.15) is 4.31 Å². The smallest absolute Gasteiger partial charge is 0.246 e. The molecule has 21 heavy (non-hydrogen) atoms. The molecule has 8 heteroatoms. The number of rotatable bonds is 7. The van der Waals surface area contributed by atoms with Crippen molar-refractivity contribution >= 4 is 33.2 Å². The summed E-state index contributed by atoms with van der Waals surface area (Å²) < 4.78 is 45.7. The SMILES string of the molecule is COCCN(C(C)C)S(=O)(=O)c1cc(Cl)cc(CCl)c1F. The Bertz CT molecular complexity index is 593. The molecule has 0 saturated heterocycles. The first-order chi connectivity index (χ1) is 9.75. The summed E-state index contributed by atoms with van der Waals surface area (Å²) in [4.78, 5) is -0.463. The van der Waals surface area contributed by atoms with E-state index < -0.39 is 20.7 Å². The first kappa shape index (κ1) is 18.6. The molecule has 0 aliphatic carbocycles. The number of alkyl halides is 1. The van der Waals surface area contributed by atoms with Gasteiger partial charge in [0, 0.05) is 30.3 Å². The van der Waals surface area contributed by atoms with Crippen LogP contribution in [0.15, 0.2) is 17.0 Å². The fourth-order valence-electron chi connectivity index (χ4n) is 1.87. The Balaban J connectivity index is 3.37. The van der Waals surface area contributed by atoms with Crippen LogP contribution < -0.4 is 0 Å². The highest BCUT2D eigenvalue weighted by Crippen LogP contribution is 2.28. The molecule has 1 aromatic carbocycles. The van der Waals surface area contributed by atoms with Crippen molar-refractivity contribution in [3.63, 3.8) is 0 Å². The molecule has 4 nitrogen and oxygen atoms in total. The summed E-state index contributed by atoms with van der Waals surface area (Å²) in [5.74, 6) is -1.02. The molecule has 0 N–H and O–H groups in total. The molecule has 0 atom stereocenters. The zero-order valence-electron chi connectivity index (χ0n) is 12.1. The Morgan fingerprint density at radius 1 is 1.38 bits per heavy atom. The van der Waals surface area contributed by atoms with Crippen LogP contribution in [0.2, 0.25) is 5.02 Å². The van der Waals surface area contributed by atoms with Gasteiger partial charge in [0.1, 0.15) is 10.7 Å². The molecule has 1 aromatic rings. The molecular formula is C13H18Cl2FNO3S. The van der Waals surface area contributed by atoms with Gasteiger partial charge in [0.25, 0.3) is 0 Å². The zero-order valence-corrected chi connectivity index (χ0v) is 14.4. The van der Waals surface area contributed by atoms with Crippen molar-refractivity contribution in [2.45, 2.75) is 30.7 Å². The van der Waals surface area contributed by atoms with Crippen LogP contribution in [0.5, 0.6) is 0 Å². The lowest BCUT2D eigenvalue weighted by molar-refractivity contribution is 0.170. The number of nitrogens with zero attached hydrogens (tertiary/aromatic N) is 1. The van der Waals surface area contributed by atoms with Crippen molar-refractivity contribution in [3.05, 3.63) is 28.5 Å². The van der Waals surface area contributed by atoms with Crippen molar-refractivity contribution in [1.82, 2.24) is 4.31 Å². The highest BCUT2D eigenvalue weighted by atomic mass is 35.5. The molecule has 0 bridgehead atoms. The molecule has 0 spiro atoms. The minimum Gasteiger partial charge on any atom is -0.383 e. The number of methoxy groups -OCH3 is 1. The van der Waals surface area contributed by atoms with E-state index in [-0.39, 0.29) is 35.7 Å². The van der Waals surface area contributed by atoms with Gasteiger partial charge in [-0.05, 0) is 26.0 Å². The maximum absolute atomic E-state index is 14.3. The molecule has 1 rings (SSSR count). The highest BCUT2D eigenvalue weighted by Gasteiger charge is 2.30. The van der Waals surface area contributed by atoms with Crippen molar-refractivity contribution < 1.29 is 17.5 Å². The van der Waals surface area contributed by atoms with Gasteiger partial charge in [-0.3, -0.25) is 0 Å². The number of halogens is 3. The van der Waals surface area contributed by atoms with Crippen molar-refractivity contribution in [2.75, 3.05) is 20.3 Å². The third-order valence-corrected chi connectivity index (χ3v) is 5.48. The van der Waals surface area contributed by atoms with Crippen LogP contribution >= 0.6 is 23.2 Å². The van der Waals surface area contributed by atoms with E-state index in [0.29, 0.717) is 0 Å². The molecule has 0 aromatic heterocycles. The van der Waals surface area contributed by atoms with Gasteiger partial charge in [-0.1, -0.05) is 11.6 Å². The minimum atomic E-state index is -4.02. The third-order valence-electron chi connectivity index (χ3n) is 2.90. The summed E-state index contributed by atoms with van der Waals surface area (Å²) in [6.45, 7) is 3.75. The monoisotopic (exact) mass is 357 g/mol. The number of ether oxygens (including phenoxy) is 1. The lowest BCUT2D eigenvalue weighted by atomic mass is 10.2. The summed E-state index contributed by atoms with van der Waals surface area (Å²) >= 11 is 11.5. The van der Waals surface area contributed by atoms with Crippen LogP contribution in [0, 0.1) is 5.82 Å². The molecule has 0 aliphatic heterocycles. The molecule has 0 heterocycles. The molecule has 0 aliphatic rings. The predicted octanol–water partition coefficient (Wildman–Crippen LogP) is 3.26. The molecule has 0 radical (unpaired) electrons. The Morgan fingerprint density at radius 3 is 2.48 bits per heavy atom. The van der Waals surface area contributed by atoms with E-state index in [1.54, 1.807) is 13.8 Å². The first-order valence-corrected chi connectivity index (χ1v) is 8.65. The van der Waals surface area contributed by atoms with E-state index in [0.717, 1.165) is 6.07 Å². The second kappa shape index (κ2) is 7.74. The predicted molar refractivity (Wildman–Crippen MR) is 81.9 cm³/mol. The lowest BCUT2D eigenvalue weighted by Gasteiger charge is -2.26. The van der Waals surface area contributed by atoms with Gasteiger partial charge >= 0.3 is 0 Å². The van der Waals surface area contributed by atoms with Crippen LogP contribution in [0.3, 0.4) is 0 Å². The summed E-state index contributed by atoms with van der Waals surface area (Å²) in [6, 6.07) is 2.07. The molecule has 0 saturated carbocycles. The van der Waals surface area contributed by atoms with Crippen molar-refractivity contribution in [2.24, 2.45) is 0 Å². The lowest BCUT2D eigenvalue weighted by Crippen LogP contribution is -2.39. The minimum absolute atomic E-state index is 0.0539. The first-order valence-electron chi connectivity index (χ1n) is 6.30. The topological polar surface area (TPSA) is 46.6 Å². The van der Waals surface area contributed by atoms with Gasteiger partial charge in [-0.25, -0.2) is 12.8 Å². The van der Waals surface area contributed by atoms with Crippen LogP contribution in [0.25, 0.3) is 0 Å². The summed E-state index contributed by atoms with van der Waals surface area (Å²) in [5.41, 5.74) is 0.0539. The molecule has 0 fully saturated rings. The van der Waals surface area contributed by atoms with Crippen LogP contribution in [-0.4, -0.2) is 39.0 Å². The van der Waals surface area contributed by atoms with E-state index in [9.17, 15) is 12.8 Å². The van der Waals surface area contributed by atoms with Crippen LogP contribution in [0.4, 0.5) is 4.39 Å². The number of hydrogen-bond donors (Lipinski definition) is 0. The second-order valence-electron chi connectivity index (χ2n) is 4.71. The third kappa shape index (κ3) is 4.29. The van der Waals surface area contributed by atoms with Crippen LogP contribution in [-0.2, 0) is 20.6 Å². The molecule has 120 valence electrons. The van der Waals surface area contributed by atoms with E-state index in [4.69, 9.17) is 27.9 Å². The zero-order chi connectivity index (χ0) is 16.2. The standard InChI is InChI=1S/C13H18Cl2FNO3S/c1-9(2)17(4-5-20-3)21(18,19)12-7-11(15)6-10(8-14)13(12)16/h6-7,9H,4-5,8H2,1-3H3. The summed E-state index contributed by atoms with van der Waals surface area (Å²) in [5, 5.41) is 0.126. The maximum Gasteiger partial charge on any atom is 0.246 e. The van der Waals surface area contributed by atoms with E-state index in [1.807, 2.05) is 0 Å². The van der Waals surface area contributed by atoms with E-state index in [1.165, 1.54) is 17.5 Å². The Morgan fingerprint density at radius 2 is 2.00 bits per heavy atom. The average Bonchev–Trinajstić information content (AvgIpc) is 2.40. The Labute approximate surface area is 134 Å². The summed E-state index contributed by atoms with van der Waals surface area (Å²) in [7, 11) is -2.55. The van der Waals surface area contributed by atoms with Gasteiger partial charge in [0.2, 0.25) is 10.0 Å². The van der Waals surface area contributed by atoms with Crippen molar-refractivity contribution in [3.8, 4) is 0 Å². The second-order valence-corrected chi connectivity index (χ2v) is 7.28. The highest BCUT2D eigenvalue weighted by molar-refractivity contribution is 7.89. The maximum atomic E-state index is 14.3. The average molecular weight is 358 g/mol. The largest absolute Gasteiger partial charge is 0.383 e. The van der Waals surface area contributed by atoms with E-state index >= 15 is 0 Å². The van der Waals surface area contributed by atoms with Gasteiger partial charge in [0.05, 0.1) is 12.5 Å². The molecular weight excluding hydrogens is 340 g/mol. The Kier molecular flexibility index (Phi) is 6.87.